The molecule has 10 rings (SSSR count). The molecule has 3 heterocycles. The van der Waals surface area contributed by atoms with Crippen LogP contribution in [0.15, 0.2) is 162 Å². The third-order valence-electron chi connectivity index (χ3n) is 9.31. The summed E-state index contributed by atoms with van der Waals surface area (Å²) in [5.41, 5.74) is 6.24. The van der Waals surface area contributed by atoms with Gasteiger partial charge in [-0.3, -0.25) is 4.98 Å². The zero-order chi connectivity index (χ0) is 32.3. The van der Waals surface area contributed by atoms with E-state index in [4.69, 9.17) is 24.4 Å². The highest BCUT2D eigenvalue weighted by Crippen LogP contribution is 2.40. The molecule has 0 N–H and O–H groups in total. The first-order valence-electron chi connectivity index (χ1n) is 16.3. The average Bonchev–Trinajstić information content (AvgIpc) is 3.56. The normalized spacial score (nSPS) is 11.7. The van der Waals surface area contributed by atoms with Crippen molar-refractivity contribution >= 4 is 54.3 Å². The van der Waals surface area contributed by atoms with Crippen molar-refractivity contribution in [2.75, 3.05) is 0 Å². The number of benzene rings is 7. The van der Waals surface area contributed by atoms with Crippen LogP contribution in [0.25, 0.3) is 99.7 Å². The van der Waals surface area contributed by atoms with E-state index in [-0.39, 0.29) is 0 Å². The Labute approximate surface area is 281 Å². The monoisotopic (exact) mass is 626 g/mol. The number of furan rings is 1. The quantitative estimate of drug-likeness (QED) is 0.194. The molecule has 0 aliphatic carbocycles. The maximum atomic E-state index is 6.26. The summed E-state index contributed by atoms with van der Waals surface area (Å²) in [5.74, 6) is 1.84. The van der Waals surface area contributed by atoms with E-state index in [1.54, 1.807) is 0 Å². The van der Waals surface area contributed by atoms with Gasteiger partial charge in [-0.25, -0.2) is 15.0 Å². The van der Waals surface area contributed by atoms with E-state index in [9.17, 15) is 0 Å². The third-order valence-corrected chi connectivity index (χ3v) is 9.31. The lowest BCUT2D eigenvalue weighted by Crippen LogP contribution is -2.01. The maximum Gasteiger partial charge on any atom is 0.164 e. The number of fused-ring (bicyclic) bond motifs is 6. The highest BCUT2D eigenvalue weighted by atomic mass is 16.3. The summed E-state index contributed by atoms with van der Waals surface area (Å²) in [7, 11) is 0. The molecule has 228 valence electrons. The molecule has 0 amide bonds. The van der Waals surface area contributed by atoms with Crippen molar-refractivity contribution in [3.05, 3.63) is 158 Å². The van der Waals surface area contributed by atoms with Crippen molar-refractivity contribution in [1.29, 1.82) is 0 Å². The summed E-state index contributed by atoms with van der Waals surface area (Å²) in [6.07, 6.45) is 1.82. The lowest BCUT2D eigenvalue weighted by Gasteiger charge is -2.13. The molecule has 5 nitrogen and oxygen atoms in total. The Hall–Kier alpha value is -6.72. The van der Waals surface area contributed by atoms with Gasteiger partial charge in [0.15, 0.2) is 17.5 Å². The Balaban J connectivity index is 1.23. The second kappa shape index (κ2) is 10.9. The predicted octanol–water partition coefficient (Wildman–Crippen LogP) is 11.3. The predicted molar refractivity (Wildman–Crippen MR) is 199 cm³/mol. The smallest absolute Gasteiger partial charge is 0.164 e. The van der Waals surface area contributed by atoms with Crippen molar-refractivity contribution < 1.29 is 4.42 Å². The summed E-state index contributed by atoms with van der Waals surface area (Å²) < 4.78 is 6.26. The van der Waals surface area contributed by atoms with Gasteiger partial charge in [0.2, 0.25) is 0 Å². The molecule has 0 saturated heterocycles. The standard InChI is InChI=1S/C44H26N4O/c1-3-11-29-23-32(19-17-27(29)9-1)42-46-43(33-20-18-28-10-2-4-12-30(28)24-33)48-44(47-42)34-25-31-13-5-6-14-35(31)37(26-34)41-40-36-15-7-8-16-38(36)49-39(40)21-22-45-41/h1-26H. The van der Waals surface area contributed by atoms with Gasteiger partial charge in [0.1, 0.15) is 11.2 Å². The van der Waals surface area contributed by atoms with Gasteiger partial charge in [-0.2, -0.15) is 0 Å². The van der Waals surface area contributed by atoms with E-state index in [1.807, 2.05) is 30.5 Å². The zero-order valence-corrected chi connectivity index (χ0v) is 26.2. The van der Waals surface area contributed by atoms with E-state index in [1.165, 1.54) is 10.8 Å². The van der Waals surface area contributed by atoms with Gasteiger partial charge < -0.3 is 4.42 Å². The van der Waals surface area contributed by atoms with Crippen LogP contribution in [0.3, 0.4) is 0 Å². The van der Waals surface area contributed by atoms with E-state index in [2.05, 4.69) is 127 Å². The highest BCUT2D eigenvalue weighted by molar-refractivity contribution is 6.14. The number of nitrogens with zero attached hydrogens (tertiary/aromatic N) is 4. The van der Waals surface area contributed by atoms with Crippen LogP contribution >= 0.6 is 0 Å². The summed E-state index contributed by atoms with van der Waals surface area (Å²) in [6, 6.07) is 52.2. The van der Waals surface area contributed by atoms with Gasteiger partial charge in [0, 0.05) is 33.8 Å². The first-order chi connectivity index (χ1) is 24.2. The fourth-order valence-corrected chi connectivity index (χ4v) is 6.93. The molecule has 5 heteroatoms. The molecule has 10 aromatic rings. The number of rotatable bonds is 4. The van der Waals surface area contributed by atoms with Gasteiger partial charge in [0.05, 0.1) is 11.1 Å². The topological polar surface area (TPSA) is 64.7 Å². The number of hydrogen-bond acceptors (Lipinski definition) is 5. The van der Waals surface area contributed by atoms with Gasteiger partial charge in [0.25, 0.3) is 0 Å². The van der Waals surface area contributed by atoms with Crippen molar-refractivity contribution in [2.45, 2.75) is 0 Å². The van der Waals surface area contributed by atoms with E-state index >= 15 is 0 Å². The van der Waals surface area contributed by atoms with Crippen LogP contribution in [-0.2, 0) is 0 Å². The van der Waals surface area contributed by atoms with Crippen LogP contribution in [0.1, 0.15) is 0 Å². The molecule has 0 atom stereocenters. The van der Waals surface area contributed by atoms with Gasteiger partial charge in [-0.1, -0.05) is 115 Å². The lowest BCUT2D eigenvalue weighted by molar-refractivity contribution is 0.668. The molecular formula is C44H26N4O. The lowest BCUT2D eigenvalue weighted by atomic mass is 9.95. The van der Waals surface area contributed by atoms with Gasteiger partial charge in [-0.15, -0.1) is 0 Å². The number of pyridine rings is 1. The molecule has 0 aliphatic rings. The molecule has 0 radical (unpaired) electrons. The first-order valence-corrected chi connectivity index (χ1v) is 16.3. The van der Waals surface area contributed by atoms with Crippen molar-refractivity contribution in [3.8, 4) is 45.4 Å². The van der Waals surface area contributed by atoms with E-state index in [0.29, 0.717) is 17.5 Å². The van der Waals surface area contributed by atoms with Crippen LogP contribution in [0.4, 0.5) is 0 Å². The molecule has 0 aliphatic heterocycles. The number of para-hydroxylation sites is 1. The Morgan fingerprint density at radius 2 is 0.918 bits per heavy atom. The van der Waals surface area contributed by atoms with Gasteiger partial charge >= 0.3 is 0 Å². The summed E-state index contributed by atoms with van der Waals surface area (Å²) in [5, 5.41) is 8.79. The minimum atomic E-state index is 0.595. The van der Waals surface area contributed by atoms with Crippen molar-refractivity contribution in [2.24, 2.45) is 0 Å². The molecule has 0 fully saturated rings. The average molecular weight is 627 g/mol. The molecule has 0 unspecified atom stereocenters. The largest absolute Gasteiger partial charge is 0.456 e. The molecule has 7 aromatic carbocycles. The molecular weight excluding hydrogens is 601 g/mol. The summed E-state index contributed by atoms with van der Waals surface area (Å²) in [4.78, 5) is 20.3. The number of aromatic nitrogens is 4. The van der Waals surface area contributed by atoms with Crippen LogP contribution in [0, 0.1) is 0 Å². The Kier molecular flexibility index (Phi) is 6.11. The summed E-state index contributed by atoms with van der Waals surface area (Å²) >= 11 is 0. The molecule has 3 aromatic heterocycles. The second-order valence-corrected chi connectivity index (χ2v) is 12.3. The van der Waals surface area contributed by atoms with Crippen molar-refractivity contribution in [3.63, 3.8) is 0 Å². The van der Waals surface area contributed by atoms with Gasteiger partial charge in [-0.05, 0) is 68.7 Å². The SMILES string of the molecule is c1ccc2cc(-c3nc(-c4ccc5ccccc5c4)nc(-c4cc(-c5nccc6oc7ccccc7c56)c5ccccc5c4)n3)ccc2c1. The highest BCUT2D eigenvalue weighted by Gasteiger charge is 2.19. The first kappa shape index (κ1) is 27.4. The molecule has 0 bridgehead atoms. The minimum absolute atomic E-state index is 0.595. The van der Waals surface area contributed by atoms with E-state index in [0.717, 1.165) is 71.4 Å². The Morgan fingerprint density at radius 1 is 0.388 bits per heavy atom. The Morgan fingerprint density at radius 3 is 1.59 bits per heavy atom. The molecule has 0 spiro atoms. The second-order valence-electron chi connectivity index (χ2n) is 12.3. The Bertz CT molecular complexity index is 2810. The zero-order valence-electron chi connectivity index (χ0n) is 26.2. The van der Waals surface area contributed by atoms with E-state index < -0.39 is 0 Å². The molecule has 0 saturated carbocycles. The van der Waals surface area contributed by atoms with Crippen LogP contribution < -0.4 is 0 Å². The fourth-order valence-electron chi connectivity index (χ4n) is 6.93. The van der Waals surface area contributed by atoms with Crippen LogP contribution in [-0.4, -0.2) is 19.9 Å². The van der Waals surface area contributed by atoms with Crippen molar-refractivity contribution in [1.82, 2.24) is 19.9 Å². The minimum Gasteiger partial charge on any atom is -0.456 e. The van der Waals surface area contributed by atoms with Crippen LogP contribution in [0.5, 0.6) is 0 Å². The molecule has 49 heavy (non-hydrogen) atoms. The summed E-state index contributed by atoms with van der Waals surface area (Å²) in [6.45, 7) is 0. The fraction of sp³-hybridized carbons (Fsp3) is 0. The third kappa shape index (κ3) is 4.63. The maximum absolute atomic E-state index is 6.26. The number of hydrogen-bond donors (Lipinski definition) is 0. The van der Waals surface area contributed by atoms with Crippen LogP contribution in [0.2, 0.25) is 0 Å².